The second kappa shape index (κ2) is 7.71. The highest BCUT2D eigenvalue weighted by Gasteiger charge is 2.37. The third-order valence-corrected chi connectivity index (χ3v) is 5.63. The second-order valence-electron chi connectivity index (χ2n) is 5.22. The lowest BCUT2D eigenvalue weighted by atomic mass is 10.0. The van der Waals surface area contributed by atoms with E-state index in [0.717, 1.165) is 12.8 Å². The number of nitrogens with one attached hydrogen (secondary N) is 1. The fraction of sp³-hybridized carbons (Fsp3) is 0.533. The number of carbonyl (C=O) groups excluding carboxylic acids is 1. The van der Waals surface area contributed by atoms with E-state index in [1.54, 1.807) is 37.4 Å². The maximum Gasteiger partial charge on any atom is 0.243 e. The van der Waals surface area contributed by atoms with Crippen LogP contribution in [0.3, 0.4) is 0 Å². The number of methoxy groups -OCH3 is 1. The molecular formula is C15H22N2O4S. The first-order chi connectivity index (χ1) is 10.6. The molecule has 1 aliphatic rings. The molecular weight excluding hydrogens is 304 g/mol. The molecule has 1 unspecified atom stereocenters. The molecule has 7 heteroatoms. The number of sulfonamides is 1. The Morgan fingerprint density at radius 2 is 2.05 bits per heavy atom. The lowest BCUT2D eigenvalue weighted by molar-refractivity contribution is -0.125. The van der Waals surface area contributed by atoms with Crippen molar-refractivity contribution in [2.24, 2.45) is 0 Å². The van der Waals surface area contributed by atoms with Crippen LogP contribution in [0.1, 0.15) is 19.3 Å². The first-order valence-corrected chi connectivity index (χ1v) is 8.85. The van der Waals surface area contributed by atoms with Gasteiger partial charge in [-0.15, -0.1) is 0 Å². The lowest BCUT2D eigenvalue weighted by Gasteiger charge is -2.33. The van der Waals surface area contributed by atoms with Crippen LogP contribution in [0.4, 0.5) is 0 Å². The van der Waals surface area contributed by atoms with E-state index in [0.29, 0.717) is 26.1 Å². The van der Waals surface area contributed by atoms with Crippen LogP contribution in [-0.2, 0) is 19.6 Å². The van der Waals surface area contributed by atoms with Crippen molar-refractivity contribution >= 4 is 15.9 Å². The highest BCUT2D eigenvalue weighted by atomic mass is 32.2. The summed E-state index contributed by atoms with van der Waals surface area (Å²) in [6.45, 7) is 1.16. The van der Waals surface area contributed by atoms with Crippen molar-refractivity contribution in [3.8, 4) is 0 Å². The summed E-state index contributed by atoms with van der Waals surface area (Å²) in [6, 6.07) is 7.61. The molecule has 1 aromatic carbocycles. The van der Waals surface area contributed by atoms with Gasteiger partial charge in [0.15, 0.2) is 0 Å². The molecule has 1 fully saturated rings. The van der Waals surface area contributed by atoms with Crippen LogP contribution in [0.2, 0.25) is 0 Å². The van der Waals surface area contributed by atoms with Crippen LogP contribution in [0.25, 0.3) is 0 Å². The number of amides is 1. The topological polar surface area (TPSA) is 75.7 Å². The monoisotopic (exact) mass is 326 g/mol. The normalized spacial score (nSPS) is 19.8. The predicted molar refractivity (Wildman–Crippen MR) is 82.9 cm³/mol. The van der Waals surface area contributed by atoms with Crippen LogP contribution in [0, 0.1) is 0 Å². The molecule has 1 aliphatic heterocycles. The summed E-state index contributed by atoms with van der Waals surface area (Å²) in [5.41, 5.74) is 0. The van der Waals surface area contributed by atoms with Crippen molar-refractivity contribution in [2.45, 2.75) is 30.2 Å². The molecule has 2 rings (SSSR count). The SMILES string of the molecule is COCCNC(=O)C1CCCCN1S(=O)(=O)c1ccccc1. The van der Waals surface area contributed by atoms with Gasteiger partial charge >= 0.3 is 0 Å². The number of hydrogen-bond donors (Lipinski definition) is 1. The molecule has 1 aromatic rings. The van der Waals surface area contributed by atoms with Crippen LogP contribution in [0.15, 0.2) is 35.2 Å². The number of piperidine rings is 1. The summed E-state index contributed by atoms with van der Waals surface area (Å²) in [4.78, 5) is 12.5. The highest BCUT2D eigenvalue weighted by Crippen LogP contribution is 2.25. The molecule has 6 nitrogen and oxygen atoms in total. The summed E-state index contributed by atoms with van der Waals surface area (Å²) in [7, 11) is -2.09. The van der Waals surface area contributed by atoms with Gasteiger partial charge < -0.3 is 10.1 Å². The molecule has 1 atom stereocenters. The van der Waals surface area contributed by atoms with Gasteiger partial charge in [0.1, 0.15) is 6.04 Å². The van der Waals surface area contributed by atoms with E-state index in [-0.39, 0.29) is 10.8 Å². The first kappa shape index (κ1) is 16.9. The minimum Gasteiger partial charge on any atom is -0.383 e. The fourth-order valence-corrected chi connectivity index (χ4v) is 4.25. The zero-order chi connectivity index (χ0) is 16.0. The van der Waals surface area contributed by atoms with Gasteiger partial charge in [-0.3, -0.25) is 4.79 Å². The van der Waals surface area contributed by atoms with Crippen molar-refractivity contribution in [2.75, 3.05) is 26.8 Å². The van der Waals surface area contributed by atoms with Gasteiger partial charge in [0.25, 0.3) is 0 Å². The highest BCUT2D eigenvalue weighted by molar-refractivity contribution is 7.89. The summed E-state index contributed by atoms with van der Waals surface area (Å²) in [5.74, 6) is -0.253. The Balaban J connectivity index is 2.17. The molecule has 0 aliphatic carbocycles. The van der Waals surface area contributed by atoms with E-state index in [1.165, 1.54) is 4.31 Å². The average Bonchev–Trinajstić information content (AvgIpc) is 2.56. The molecule has 0 spiro atoms. The number of rotatable bonds is 6. The molecule has 1 saturated heterocycles. The van der Waals surface area contributed by atoms with Crippen molar-refractivity contribution in [3.63, 3.8) is 0 Å². The minimum absolute atomic E-state index is 0.228. The van der Waals surface area contributed by atoms with E-state index in [1.807, 2.05) is 0 Å². The van der Waals surface area contributed by atoms with Gasteiger partial charge in [0.05, 0.1) is 11.5 Å². The zero-order valence-electron chi connectivity index (χ0n) is 12.7. The molecule has 0 bridgehead atoms. The Hall–Kier alpha value is -1.44. The quantitative estimate of drug-likeness (QED) is 0.791. The zero-order valence-corrected chi connectivity index (χ0v) is 13.5. The minimum atomic E-state index is -3.65. The van der Waals surface area contributed by atoms with Gasteiger partial charge in [0.2, 0.25) is 15.9 Å². The van der Waals surface area contributed by atoms with Crippen LogP contribution >= 0.6 is 0 Å². The summed E-state index contributed by atoms with van der Waals surface area (Å²) >= 11 is 0. The van der Waals surface area contributed by atoms with E-state index in [9.17, 15) is 13.2 Å². The maximum atomic E-state index is 12.8. The Morgan fingerprint density at radius 1 is 1.32 bits per heavy atom. The smallest absolute Gasteiger partial charge is 0.243 e. The van der Waals surface area contributed by atoms with E-state index >= 15 is 0 Å². The van der Waals surface area contributed by atoms with Crippen LogP contribution < -0.4 is 5.32 Å². The van der Waals surface area contributed by atoms with Gasteiger partial charge in [-0.05, 0) is 25.0 Å². The number of benzene rings is 1. The molecule has 0 aromatic heterocycles. The van der Waals surface area contributed by atoms with Gasteiger partial charge in [-0.2, -0.15) is 4.31 Å². The van der Waals surface area contributed by atoms with Gasteiger partial charge in [0, 0.05) is 20.2 Å². The summed E-state index contributed by atoms with van der Waals surface area (Å²) < 4.78 is 31.7. The molecule has 22 heavy (non-hydrogen) atoms. The predicted octanol–water partition coefficient (Wildman–Crippen LogP) is 0.992. The summed E-state index contributed by atoms with van der Waals surface area (Å²) in [6.07, 6.45) is 2.17. The van der Waals surface area contributed by atoms with E-state index < -0.39 is 16.1 Å². The first-order valence-electron chi connectivity index (χ1n) is 7.41. The Kier molecular flexibility index (Phi) is 5.93. The second-order valence-corrected chi connectivity index (χ2v) is 7.11. The number of hydrogen-bond acceptors (Lipinski definition) is 4. The molecule has 1 N–H and O–H groups in total. The summed E-state index contributed by atoms with van der Waals surface area (Å²) in [5, 5.41) is 2.74. The third kappa shape index (κ3) is 3.85. The number of nitrogens with zero attached hydrogens (tertiary/aromatic N) is 1. The van der Waals surface area contributed by atoms with Crippen molar-refractivity contribution in [1.82, 2.24) is 9.62 Å². The van der Waals surface area contributed by atoms with Crippen molar-refractivity contribution in [1.29, 1.82) is 0 Å². The van der Waals surface area contributed by atoms with Crippen molar-refractivity contribution < 1.29 is 17.9 Å². The maximum absolute atomic E-state index is 12.8. The largest absolute Gasteiger partial charge is 0.383 e. The number of carbonyl (C=O) groups is 1. The Bertz CT molecular complexity index is 589. The fourth-order valence-electron chi connectivity index (χ4n) is 2.58. The number of ether oxygens (including phenoxy) is 1. The van der Waals surface area contributed by atoms with Gasteiger partial charge in [-0.1, -0.05) is 24.6 Å². The average molecular weight is 326 g/mol. The third-order valence-electron chi connectivity index (χ3n) is 3.71. The van der Waals surface area contributed by atoms with Crippen LogP contribution in [-0.4, -0.2) is 51.5 Å². The Labute approximate surface area is 131 Å². The molecule has 1 amide bonds. The van der Waals surface area contributed by atoms with Crippen molar-refractivity contribution in [3.05, 3.63) is 30.3 Å². The molecule has 0 saturated carbocycles. The Morgan fingerprint density at radius 3 is 2.73 bits per heavy atom. The van der Waals surface area contributed by atoms with Gasteiger partial charge in [-0.25, -0.2) is 8.42 Å². The van der Waals surface area contributed by atoms with E-state index in [4.69, 9.17) is 4.74 Å². The standard InChI is InChI=1S/C15H22N2O4S/c1-21-12-10-16-15(18)14-9-5-6-11-17(14)22(19,20)13-7-3-2-4-8-13/h2-4,7-8,14H,5-6,9-12H2,1H3,(H,16,18). The van der Waals surface area contributed by atoms with E-state index in [2.05, 4.69) is 5.32 Å². The lowest BCUT2D eigenvalue weighted by Crippen LogP contribution is -2.52. The molecule has 0 radical (unpaired) electrons. The molecule has 1 heterocycles. The molecule has 122 valence electrons. The van der Waals surface area contributed by atoms with Crippen LogP contribution in [0.5, 0.6) is 0 Å².